The number of hydrogen-bond donors (Lipinski definition) is 0. The Balaban J connectivity index is 2.72. The number of carbonyl (C=O) groups excluding carboxylic acids is 1. The Morgan fingerprint density at radius 3 is 2.90 bits per heavy atom. The standard InChI is InChI=1S/C9H10O/c1-3-8-4-7(2)5-9(10)6-8/h1,5,8H,4,6H2,2H3. The quantitative estimate of drug-likeness (QED) is 0.459. The average molecular weight is 134 g/mol. The second-order valence-electron chi connectivity index (χ2n) is 2.73. The summed E-state index contributed by atoms with van der Waals surface area (Å²) in [6, 6.07) is 0. The maximum absolute atomic E-state index is 10.9. The van der Waals surface area contributed by atoms with Crippen LogP contribution in [0.25, 0.3) is 0 Å². The second-order valence-corrected chi connectivity index (χ2v) is 2.73. The first-order valence-corrected chi connectivity index (χ1v) is 3.38. The molecule has 0 aromatic heterocycles. The maximum atomic E-state index is 10.9. The Morgan fingerprint density at radius 1 is 1.70 bits per heavy atom. The summed E-state index contributed by atoms with van der Waals surface area (Å²) >= 11 is 0. The van der Waals surface area contributed by atoms with E-state index < -0.39 is 0 Å². The minimum atomic E-state index is 0.150. The zero-order chi connectivity index (χ0) is 7.56. The van der Waals surface area contributed by atoms with Gasteiger partial charge in [-0.1, -0.05) is 5.57 Å². The number of hydrogen-bond acceptors (Lipinski definition) is 1. The van der Waals surface area contributed by atoms with Crippen LogP contribution in [0.1, 0.15) is 19.8 Å². The fourth-order valence-corrected chi connectivity index (χ4v) is 1.21. The number of carbonyl (C=O) groups is 1. The molecule has 0 fully saturated rings. The van der Waals surface area contributed by atoms with Crippen molar-refractivity contribution in [2.75, 3.05) is 0 Å². The zero-order valence-electron chi connectivity index (χ0n) is 6.05. The van der Waals surface area contributed by atoms with Gasteiger partial charge in [-0.05, 0) is 19.4 Å². The molecule has 0 N–H and O–H groups in total. The van der Waals surface area contributed by atoms with E-state index in [1.165, 1.54) is 0 Å². The van der Waals surface area contributed by atoms with Gasteiger partial charge in [-0.3, -0.25) is 4.79 Å². The molecule has 0 saturated heterocycles. The molecule has 0 aliphatic heterocycles. The lowest BCUT2D eigenvalue weighted by molar-refractivity contribution is -0.115. The molecule has 0 aromatic carbocycles. The first-order chi connectivity index (χ1) is 4.72. The summed E-state index contributed by atoms with van der Waals surface area (Å²) in [5, 5.41) is 0. The highest BCUT2D eigenvalue weighted by Crippen LogP contribution is 2.20. The normalized spacial score (nSPS) is 25.4. The predicted molar refractivity (Wildman–Crippen MR) is 40.3 cm³/mol. The van der Waals surface area contributed by atoms with Crippen LogP contribution in [0.2, 0.25) is 0 Å². The highest BCUT2D eigenvalue weighted by molar-refractivity contribution is 5.91. The molecule has 0 amide bonds. The first kappa shape index (κ1) is 7.08. The molecule has 0 spiro atoms. The number of allylic oxidation sites excluding steroid dienone is 2. The lowest BCUT2D eigenvalue weighted by Crippen LogP contribution is -2.10. The molecule has 0 saturated carbocycles. The fraction of sp³-hybridized carbons (Fsp3) is 0.444. The molecule has 0 heterocycles. The molecule has 1 atom stereocenters. The van der Waals surface area contributed by atoms with E-state index in [-0.39, 0.29) is 11.7 Å². The molecule has 1 nitrogen and oxygen atoms in total. The summed E-state index contributed by atoms with van der Waals surface area (Å²) in [5.41, 5.74) is 1.11. The van der Waals surface area contributed by atoms with Gasteiger partial charge in [0.05, 0.1) is 0 Å². The topological polar surface area (TPSA) is 17.1 Å². The number of rotatable bonds is 0. The van der Waals surface area contributed by atoms with Crippen LogP contribution in [0.5, 0.6) is 0 Å². The van der Waals surface area contributed by atoms with Gasteiger partial charge < -0.3 is 0 Å². The molecular formula is C9H10O. The van der Waals surface area contributed by atoms with Crippen LogP contribution in [0.3, 0.4) is 0 Å². The molecule has 1 aliphatic carbocycles. The van der Waals surface area contributed by atoms with Gasteiger partial charge in [-0.25, -0.2) is 0 Å². The van der Waals surface area contributed by atoms with Crippen LogP contribution in [0.15, 0.2) is 11.6 Å². The smallest absolute Gasteiger partial charge is 0.156 e. The van der Waals surface area contributed by atoms with E-state index in [1.54, 1.807) is 6.08 Å². The van der Waals surface area contributed by atoms with E-state index in [4.69, 9.17) is 6.42 Å². The van der Waals surface area contributed by atoms with Crippen molar-refractivity contribution in [3.63, 3.8) is 0 Å². The molecule has 0 radical (unpaired) electrons. The van der Waals surface area contributed by atoms with Crippen molar-refractivity contribution in [2.24, 2.45) is 5.92 Å². The molecule has 1 aliphatic rings. The van der Waals surface area contributed by atoms with Crippen LogP contribution >= 0.6 is 0 Å². The third-order valence-electron chi connectivity index (χ3n) is 1.66. The third kappa shape index (κ3) is 1.48. The minimum absolute atomic E-state index is 0.150. The van der Waals surface area contributed by atoms with Gasteiger partial charge in [-0.2, -0.15) is 0 Å². The molecule has 1 rings (SSSR count). The van der Waals surface area contributed by atoms with E-state index in [0.29, 0.717) is 6.42 Å². The Hall–Kier alpha value is -1.03. The van der Waals surface area contributed by atoms with E-state index >= 15 is 0 Å². The lowest BCUT2D eigenvalue weighted by atomic mass is 9.90. The van der Waals surface area contributed by atoms with Crippen LogP contribution in [0, 0.1) is 18.3 Å². The molecule has 1 heteroatoms. The van der Waals surface area contributed by atoms with Gasteiger partial charge in [0.15, 0.2) is 5.78 Å². The van der Waals surface area contributed by atoms with E-state index in [9.17, 15) is 4.79 Å². The molecule has 0 bridgehead atoms. The van der Waals surface area contributed by atoms with E-state index in [0.717, 1.165) is 12.0 Å². The van der Waals surface area contributed by atoms with Gasteiger partial charge >= 0.3 is 0 Å². The van der Waals surface area contributed by atoms with Crippen LogP contribution in [0.4, 0.5) is 0 Å². The lowest BCUT2D eigenvalue weighted by Gasteiger charge is -2.13. The molecule has 52 valence electrons. The summed E-state index contributed by atoms with van der Waals surface area (Å²) in [6.07, 6.45) is 8.31. The first-order valence-electron chi connectivity index (χ1n) is 3.38. The highest BCUT2D eigenvalue weighted by Gasteiger charge is 2.15. The average Bonchev–Trinajstić information content (AvgIpc) is 1.85. The van der Waals surface area contributed by atoms with Crippen molar-refractivity contribution in [1.29, 1.82) is 0 Å². The third-order valence-corrected chi connectivity index (χ3v) is 1.66. The van der Waals surface area contributed by atoms with Gasteiger partial charge in [0.2, 0.25) is 0 Å². The number of ketones is 1. The Kier molecular flexibility index (Phi) is 1.91. The van der Waals surface area contributed by atoms with Crippen molar-refractivity contribution in [1.82, 2.24) is 0 Å². The van der Waals surface area contributed by atoms with Crippen molar-refractivity contribution in [3.8, 4) is 12.3 Å². The summed E-state index contributed by atoms with van der Waals surface area (Å²) in [6.45, 7) is 1.95. The SMILES string of the molecule is C#CC1CC(=O)C=C(C)C1. The van der Waals surface area contributed by atoms with Crippen LogP contribution in [-0.4, -0.2) is 5.78 Å². The largest absolute Gasteiger partial charge is 0.295 e. The summed E-state index contributed by atoms with van der Waals surface area (Å²) < 4.78 is 0. The van der Waals surface area contributed by atoms with E-state index in [1.807, 2.05) is 6.92 Å². The van der Waals surface area contributed by atoms with Crippen LogP contribution < -0.4 is 0 Å². The summed E-state index contributed by atoms with van der Waals surface area (Å²) in [4.78, 5) is 10.9. The number of terminal acetylenes is 1. The minimum Gasteiger partial charge on any atom is -0.295 e. The van der Waals surface area contributed by atoms with Crippen molar-refractivity contribution in [3.05, 3.63) is 11.6 Å². The highest BCUT2D eigenvalue weighted by atomic mass is 16.1. The fourth-order valence-electron chi connectivity index (χ4n) is 1.21. The molecule has 0 aromatic rings. The van der Waals surface area contributed by atoms with Crippen molar-refractivity contribution >= 4 is 5.78 Å². The van der Waals surface area contributed by atoms with Crippen molar-refractivity contribution in [2.45, 2.75) is 19.8 Å². The summed E-state index contributed by atoms with van der Waals surface area (Å²) in [5.74, 6) is 2.93. The monoisotopic (exact) mass is 134 g/mol. The van der Waals surface area contributed by atoms with Gasteiger partial charge in [0.1, 0.15) is 0 Å². The Morgan fingerprint density at radius 2 is 2.40 bits per heavy atom. The van der Waals surface area contributed by atoms with Gasteiger partial charge in [-0.15, -0.1) is 12.3 Å². The molecular weight excluding hydrogens is 124 g/mol. The summed E-state index contributed by atoms with van der Waals surface area (Å²) in [7, 11) is 0. The van der Waals surface area contributed by atoms with Crippen molar-refractivity contribution < 1.29 is 4.79 Å². The predicted octanol–water partition coefficient (Wildman–Crippen LogP) is 1.54. The van der Waals surface area contributed by atoms with Gasteiger partial charge in [0, 0.05) is 12.3 Å². The molecule has 10 heavy (non-hydrogen) atoms. The Bertz CT molecular complexity index is 217. The van der Waals surface area contributed by atoms with Crippen LogP contribution in [-0.2, 0) is 4.79 Å². The van der Waals surface area contributed by atoms with Gasteiger partial charge in [0.25, 0.3) is 0 Å². The van der Waals surface area contributed by atoms with E-state index in [2.05, 4.69) is 5.92 Å². The molecule has 1 unspecified atom stereocenters. The maximum Gasteiger partial charge on any atom is 0.156 e. The Labute approximate surface area is 61.1 Å². The second kappa shape index (κ2) is 2.70. The zero-order valence-corrected chi connectivity index (χ0v) is 6.05.